The summed E-state index contributed by atoms with van der Waals surface area (Å²) in [5.74, 6) is 0.768. The Morgan fingerprint density at radius 2 is 2.06 bits per heavy atom. The molecule has 1 fully saturated rings. The van der Waals surface area contributed by atoms with Crippen LogP contribution in [0.4, 0.5) is 0 Å². The smallest absolute Gasteiger partial charge is 0.163 e. The van der Waals surface area contributed by atoms with Gasteiger partial charge in [-0.1, -0.05) is 13.8 Å². The lowest BCUT2D eigenvalue weighted by Gasteiger charge is -2.23. The van der Waals surface area contributed by atoms with E-state index in [0.29, 0.717) is 0 Å². The van der Waals surface area contributed by atoms with Gasteiger partial charge >= 0.3 is 0 Å². The molecule has 0 radical (unpaired) electrons. The zero-order valence-electron chi connectivity index (χ0n) is 12.9. The van der Waals surface area contributed by atoms with Crippen LogP contribution in [0.5, 0.6) is 0 Å². The minimum atomic E-state index is -1.07. The highest BCUT2D eigenvalue weighted by atomic mass is 32.2. The first kappa shape index (κ1) is 12.6. The van der Waals surface area contributed by atoms with Gasteiger partial charge in [0.1, 0.15) is 6.10 Å². The summed E-state index contributed by atoms with van der Waals surface area (Å²) >= 11 is 2.77. The Labute approximate surface area is 116 Å². The van der Waals surface area contributed by atoms with Gasteiger partial charge in [-0.15, -0.1) is 23.5 Å². The third kappa shape index (κ3) is 5.39. The van der Waals surface area contributed by atoms with E-state index in [1.165, 1.54) is 23.5 Å². The van der Waals surface area contributed by atoms with Gasteiger partial charge in [-0.25, -0.2) is 0 Å². The van der Waals surface area contributed by atoms with Crippen LogP contribution in [-0.4, -0.2) is 45.8 Å². The van der Waals surface area contributed by atoms with Gasteiger partial charge in [0, 0.05) is 1.37 Å². The Balaban J connectivity index is 2.71. The molecule has 5 heteroatoms. The number of aliphatic hydroxyl groups excluding tert-OH is 1. The number of ether oxygens (including phenoxy) is 2. The van der Waals surface area contributed by atoms with Crippen LogP contribution >= 0.6 is 23.5 Å². The maximum Gasteiger partial charge on any atom is 0.163 e. The SMILES string of the molecule is [2H]C([C@H](O)[C@H]1COC(C)(C)O1)C([2H])(SCC)SCC. The Morgan fingerprint density at radius 1 is 1.47 bits per heavy atom. The molecule has 1 saturated heterocycles. The topological polar surface area (TPSA) is 38.7 Å². The monoisotopic (exact) mass is 282 g/mol. The van der Waals surface area contributed by atoms with E-state index in [1.54, 1.807) is 13.8 Å². The highest BCUT2D eigenvalue weighted by Crippen LogP contribution is 2.31. The molecule has 1 N–H and O–H groups in total. The average Bonchev–Trinajstić information content (AvgIpc) is 2.68. The molecule has 1 aliphatic rings. The largest absolute Gasteiger partial charge is 0.390 e. The fourth-order valence-corrected chi connectivity index (χ4v) is 3.63. The van der Waals surface area contributed by atoms with E-state index in [0.717, 1.165) is 11.5 Å². The van der Waals surface area contributed by atoms with Gasteiger partial charge in [0.25, 0.3) is 0 Å². The summed E-state index contributed by atoms with van der Waals surface area (Å²) in [7, 11) is 0. The van der Waals surface area contributed by atoms with Gasteiger partial charge in [0.15, 0.2) is 5.79 Å². The van der Waals surface area contributed by atoms with Crippen molar-refractivity contribution in [1.29, 1.82) is 0 Å². The van der Waals surface area contributed by atoms with Crippen LogP contribution in [-0.2, 0) is 9.47 Å². The van der Waals surface area contributed by atoms with Crippen LogP contribution in [0.2, 0.25) is 0 Å². The molecular formula is C12H24O3S2. The second-order valence-electron chi connectivity index (χ2n) is 4.21. The van der Waals surface area contributed by atoms with E-state index in [1.807, 2.05) is 13.8 Å². The fourth-order valence-electron chi connectivity index (χ4n) is 1.55. The molecule has 1 unspecified atom stereocenters. The predicted octanol–water partition coefficient (Wildman–Crippen LogP) is 2.72. The summed E-state index contributed by atoms with van der Waals surface area (Å²) in [4.78, 5) is 0. The van der Waals surface area contributed by atoms with E-state index < -0.39 is 28.9 Å². The van der Waals surface area contributed by atoms with Crippen LogP contribution in [0.15, 0.2) is 0 Å². The van der Waals surface area contributed by atoms with Crippen LogP contribution in [0.25, 0.3) is 0 Å². The average molecular weight is 282 g/mol. The molecule has 0 amide bonds. The normalized spacial score (nSPS) is 29.6. The van der Waals surface area contributed by atoms with Crippen molar-refractivity contribution >= 4 is 23.5 Å². The Kier molecular flexibility index (Phi) is 5.37. The van der Waals surface area contributed by atoms with Crippen LogP contribution in [0.3, 0.4) is 0 Å². The summed E-state index contributed by atoms with van der Waals surface area (Å²) in [6, 6.07) is 0. The quantitative estimate of drug-likeness (QED) is 0.727. The molecule has 1 heterocycles. The fraction of sp³-hybridized carbons (Fsp3) is 1.00. The predicted molar refractivity (Wildman–Crippen MR) is 75.6 cm³/mol. The number of thioether (sulfide) groups is 2. The summed E-state index contributed by atoms with van der Waals surface area (Å²) in [6.45, 7) is 7.76. The lowest BCUT2D eigenvalue weighted by molar-refractivity contribution is -0.151. The number of hydrogen-bond donors (Lipinski definition) is 1. The molecule has 3 nitrogen and oxygen atoms in total. The number of hydrogen-bond acceptors (Lipinski definition) is 5. The van der Waals surface area contributed by atoms with E-state index in [2.05, 4.69) is 0 Å². The minimum absolute atomic E-state index is 0.271. The summed E-state index contributed by atoms with van der Waals surface area (Å²) in [5, 5.41) is 10.3. The van der Waals surface area contributed by atoms with Crippen LogP contribution < -0.4 is 0 Å². The van der Waals surface area contributed by atoms with Gasteiger partial charge in [0.05, 0.1) is 18.6 Å². The van der Waals surface area contributed by atoms with Crippen molar-refractivity contribution in [3.8, 4) is 0 Å². The first-order chi connectivity index (χ1) is 8.75. The molecule has 0 aromatic carbocycles. The molecule has 0 aliphatic carbocycles. The van der Waals surface area contributed by atoms with Crippen molar-refractivity contribution in [1.82, 2.24) is 0 Å². The van der Waals surface area contributed by atoms with Crippen molar-refractivity contribution in [2.45, 2.75) is 56.6 Å². The summed E-state index contributed by atoms with van der Waals surface area (Å²) in [6.07, 6.45) is -2.49. The second-order valence-corrected chi connectivity index (χ2v) is 7.08. The van der Waals surface area contributed by atoms with E-state index in [9.17, 15) is 5.11 Å². The molecule has 0 saturated carbocycles. The van der Waals surface area contributed by atoms with Gasteiger partial charge < -0.3 is 14.6 Å². The van der Waals surface area contributed by atoms with Crippen molar-refractivity contribution in [2.75, 3.05) is 18.1 Å². The molecule has 3 atom stereocenters. The summed E-state index contributed by atoms with van der Waals surface area (Å²) < 4.78 is 26.6. The molecule has 1 rings (SSSR count). The molecule has 0 aromatic rings. The van der Waals surface area contributed by atoms with E-state index >= 15 is 0 Å². The Bertz CT molecular complexity index is 286. The molecule has 0 bridgehead atoms. The van der Waals surface area contributed by atoms with Crippen molar-refractivity contribution in [2.24, 2.45) is 0 Å². The first-order valence-corrected chi connectivity index (χ1v) is 7.93. The highest BCUT2D eigenvalue weighted by Gasteiger charge is 2.37. The molecule has 1 aliphatic heterocycles. The number of rotatable bonds is 7. The Morgan fingerprint density at radius 3 is 2.47 bits per heavy atom. The van der Waals surface area contributed by atoms with Crippen molar-refractivity contribution in [3.05, 3.63) is 0 Å². The Hall–Kier alpha value is 0.580. The van der Waals surface area contributed by atoms with Crippen molar-refractivity contribution in [3.63, 3.8) is 0 Å². The second kappa shape index (κ2) is 7.24. The highest BCUT2D eigenvalue weighted by molar-refractivity contribution is 8.16. The minimum Gasteiger partial charge on any atom is -0.390 e. The zero-order chi connectivity index (χ0) is 14.7. The number of aliphatic hydroxyl groups is 1. The molecule has 17 heavy (non-hydrogen) atoms. The third-order valence-electron chi connectivity index (χ3n) is 2.29. The molecular weight excluding hydrogens is 256 g/mol. The van der Waals surface area contributed by atoms with Gasteiger partial charge in [-0.2, -0.15) is 0 Å². The maximum absolute atomic E-state index is 10.3. The standard InChI is InChI=1S/C12H24O3S2/c1-5-16-11(17-6-2)7-9(13)10-8-14-12(3,4)15-10/h9-11,13H,5-8H2,1-4H3/t9-,10+/m0/s1/i7D,11D/t7?,9-,10+. The maximum atomic E-state index is 10.3. The molecule has 0 spiro atoms. The van der Waals surface area contributed by atoms with Crippen LogP contribution in [0.1, 0.15) is 36.8 Å². The van der Waals surface area contributed by atoms with Crippen LogP contribution in [0, 0.1) is 0 Å². The lowest BCUT2D eigenvalue weighted by atomic mass is 10.2. The summed E-state index contributed by atoms with van der Waals surface area (Å²) in [5.41, 5.74) is 0. The zero-order valence-corrected chi connectivity index (χ0v) is 12.6. The first-order valence-electron chi connectivity index (χ1n) is 7.03. The lowest BCUT2D eigenvalue weighted by Crippen LogP contribution is -2.32. The molecule has 102 valence electrons. The van der Waals surface area contributed by atoms with Gasteiger partial charge in [-0.3, -0.25) is 0 Å². The van der Waals surface area contributed by atoms with E-state index in [4.69, 9.17) is 12.2 Å². The van der Waals surface area contributed by atoms with Crippen molar-refractivity contribution < 1.29 is 17.3 Å². The third-order valence-corrected chi connectivity index (χ3v) is 4.42. The molecule has 0 aromatic heterocycles. The van der Waals surface area contributed by atoms with E-state index in [-0.39, 0.29) is 6.61 Å². The van der Waals surface area contributed by atoms with Gasteiger partial charge in [-0.05, 0) is 31.8 Å². The van der Waals surface area contributed by atoms with Gasteiger partial charge in [0.2, 0.25) is 0 Å².